The smallest absolute Gasteiger partial charge is 0.150 e. The maximum absolute atomic E-state index is 10.6. The second kappa shape index (κ2) is 5.65. The molecular weight excluding hydrogens is 284 g/mol. The highest BCUT2D eigenvalue weighted by atomic mass is 79.9. The predicted octanol–water partition coefficient (Wildman–Crippen LogP) is 3.05. The summed E-state index contributed by atoms with van der Waals surface area (Å²) in [5.41, 5.74) is -0.289. The number of aldehydes is 1. The van der Waals surface area contributed by atoms with E-state index < -0.39 is 5.60 Å². The Morgan fingerprint density at radius 3 is 2.65 bits per heavy atom. The van der Waals surface area contributed by atoms with Crippen LogP contribution in [0.5, 0.6) is 5.75 Å². The normalized spacial score (nSPS) is 14.5. The Morgan fingerprint density at radius 1 is 1.53 bits per heavy atom. The van der Waals surface area contributed by atoms with Gasteiger partial charge in [0.25, 0.3) is 0 Å². The topological polar surface area (TPSA) is 46.5 Å². The lowest BCUT2D eigenvalue weighted by Gasteiger charge is -2.27. The first-order valence-electron chi connectivity index (χ1n) is 5.46. The lowest BCUT2D eigenvalue weighted by atomic mass is 9.94. The third-order valence-electron chi connectivity index (χ3n) is 2.86. The molecule has 94 valence electrons. The fraction of sp³-hybridized carbons (Fsp3) is 0.462. The van der Waals surface area contributed by atoms with Crippen molar-refractivity contribution in [1.82, 2.24) is 0 Å². The van der Waals surface area contributed by atoms with Gasteiger partial charge >= 0.3 is 0 Å². The van der Waals surface area contributed by atoms with Crippen LogP contribution < -0.4 is 4.74 Å². The lowest BCUT2D eigenvalue weighted by Crippen LogP contribution is -2.37. The van der Waals surface area contributed by atoms with E-state index in [9.17, 15) is 9.90 Å². The van der Waals surface area contributed by atoms with Gasteiger partial charge in [0, 0.05) is 5.56 Å². The van der Waals surface area contributed by atoms with Crippen LogP contribution in [0, 0.1) is 5.92 Å². The zero-order valence-corrected chi connectivity index (χ0v) is 11.8. The Labute approximate surface area is 110 Å². The van der Waals surface area contributed by atoms with Crippen LogP contribution in [0.15, 0.2) is 22.7 Å². The molecule has 0 saturated carbocycles. The number of hydrogen-bond acceptors (Lipinski definition) is 3. The van der Waals surface area contributed by atoms with Crippen molar-refractivity contribution in [3.63, 3.8) is 0 Å². The van der Waals surface area contributed by atoms with Gasteiger partial charge in [-0.3, -0.25) is 4.79 Å². The first-order valence-corrected chi connectivity index (χ1v) is 6.26. The van der Waals surface area contributed by atoms with E-state index in [1.54, 1.807) is 25.1 Å². The van der Waals surface area contributed by atoms with E-state index in [1.807, 2.05) is 13.8 Å². The molecule has 17 heavy (non-hydrogen) atoms. The minimum atomic E-state index is -0.872. The number of benzene rings is 1. The van der Waals surface area contributed by atoms with Crippen molar-refractivity contribution >= 4 is 22.2 Å². The maximum Gasteiger partial charge on any atom is 0.150 e. The molecule has 0 heterocycles. The molecule has 0 aliphatic rings. The predicted molar refractivity (Wildman–Crippen MR) is 70.5 cm³/mol. The van der Waals surface area contributed by atoms with E-state index >= 15 is 0 Å². The number of rotatable bonds is 5. The quantitative estimate of drug-likeness (QED) is 0.850. The Morgan fingerprint density at radius 2 is 2.18 bits per heavy atom. The molecule has 1 aromatic carbocycles. The van der Waals surface area contributed by atoms with Crippen molar-refractivity contribution in [2.24, 2.45) is 5.92 Å². The largest absolute Gasteiger partial charge is 0.489 e. The molecule has 0 aliphatic carbocycles. The van der Waals surface area contributed by atoms with E-state index in [-0.39, 0.29) is 12.5 Å². The van der Waals surface area contributed by atoms with E-state index in [0.29, 0.717) is 15.8 Å². The maximum atomic E-state index is 10.6. The lowest BCUT2D eigenvalue weighted by molar-refractivity contribution is -0.0268. The molecule has 1 N–H and O–H groups in total. The summed E-state index contributed by atoms with van der Waals surface area (Å²) in [7, 11) is 0. The van der Waals surface area contributed by atoms with Gasteiger partial charge in [-0.2, -0.15) is 0 Å². The molecule has 0 bridgehead atoms. The Hall–Kier alpha value is -0.870. The second-order valence-electron chi connectivity index (χ2n) is 4.61. The van der Waals surface area contributed by atoms with Crippen LogP contribution in [0.2, 0.25) is 0 Å². The summed E-state index contributed by atoms with van der Waals surface area (Å²) in [6.45, 7) is 5.83. The molecule has 1 atom stereocenters. The molecule has 0 radical (unpaired) electrons. The van der Waals surface area contributed by atoms with Crippen LogP contribution in [0.4, 0.5) is 0 Å². The highest BCUT2D eigenvalue weighted by Crippen LogP contribution is 2.27. The zero-order chi connectivity index (χ0) is 13.1. The molecule has 1 rings (SSSR count). The summed E-state index contributed by atoms with van der Waals surface area (Å²) in [5.74, 6) is 0.729. The van der Waals surface area contributed by atoms with Crippen molar-refractivity contribution in [1.29, 1.82) is 0 Å². The van der Waals surface area contributed by atoms with Crippen LogP contribution in [0.1, 0.15) is 31.1 Å². The third-order valence-corrected chi connectivity index (χ3v) is 3.48. The second-order valence-corrected chi connectivity index (χ2v) is 5.46. The molecule has 0 fully saturated rings. The number of aliphatic hydroxyl groups is 1. The number of carbonyl (C=O) groups is 1. The molecule has 4 heteroatoms. The van der Waals surface area contributed by atoms with E-state index in [4.69, 9.17) is 4.74 Å². The van der Waals surface area contributed by atoms with Gasteiger partial charge in [-0.15, -0.1) is 0 Å². The molecule has 1 aromatic rings. The van der Waals surface area contributed by atoms with Crippen molar-refractivity contribution in [2.75, 3.05) is 6.61 Å². The van der Waals surface area contributed by atoms with Gasteiger partial charge in [0.2, 0.25) is 0 Å². The minimum Gasteiger partial charge on any atom is -0.489 e. The number of halogens is 1. The van der Waals surface area contributed by atoms with E-state index in [2.05, 4.69) is 15.9 Å². The number of ether oxygens (including phenoxy) is 1. The Bertz CT molecular complexity index is 400. The fourth-order valence-corrected chi connectivity index (χ4v) is 1.61. The molecule has 3 nitrogen and oxygen atoms in total. The molecule has 0 saturated heterocycles. The average Bonchev–Trinajstić information content (AvgIpc) is 2.27. The Kier molecular flexibility index (Phi) is 4.71. The van der Waals surface area contributed by atoms with Crippen molar-refractivity contribution in [3.8, 4) is 5.75 Å². The summed E-state index contributed by atoms with van der Waals surface area (Å²) in [4.78, 5) is 10.6. The average molecular weight is 301 g/mol. The summed E-state index contributed by atoms with van der Waals surface area (Å²) < 4.78 is 6.26. The third kappa shape index (κ3) is 3.82. The highest BCUT2D eigenvalue weighted by Gasteiger charge is 2.26. The first-order chi connectivity index (χ1) is 7.86. The summed E-state index contributed by atoms with van der Waals surface area (Å²) in [6.07, 6.45) is 0.777. The van der Waals surface area contributed by atoms with E-state index in [1.165, 1.54) is 0 Å². The van der Waals surface area contributed by atoms with Crippen molar-refractivity contribution in [2.45, 2.75) is 26.4 Å². The number of hydrogen-bond donors (Lipinski definition) is 1. The van der Waals surface area contributed by atoms with Gasteiger partial charge < -0.3 is 9.84 Å². The number of carbonyl (C=O) groups excluding carboxylic acids is 1. The molecule has 0 amide bonds. The summed E-state index contributed by atoms with van der Waals surface area (Å²) in [6, 6.07) is 5.08. The van der Waals surface area contributed by atoms with Crippen molar-refractivity contribution < 1.29 is 14.6 Å². The van der Waals surface area contributed by atoms with Crippen LogP contribution >= 0.6 is 15.9 Å². The minimum absolute atomic E-state index is 0.107. The zero-order valence-electron chi connectivity index (χ0n) is 10.2. The monoisotopic (exact) mass is 300 g/mol. The Balaban J connectivity index is 2.73. The van der Waals surface area contributed by atoms with Gasteiger partial charge in [-0.25, -0.2) is 0 Å². The van der Waals surface area contributed by atoms with Gasteiger partial charge in [0.05, 0.1) is 10.1 Å². The standard InChI is InChI=1S/C13H17BrO3/c1-9(2)13(3,16)8-17-12-5-4-10(7-15)6-11(12)14/h4-7,9,16H,8H2,1-3H3. The van der Waals surface area contributed by atoms with Gasteiger partial charge in [-0.05, 0) is 47.0 Å². The first kappa shape index (κ1) is 14.2. The molecule has 0 aliphatic heterocycles. The SMILES string of the molecule is CC(C)C(C)(O)COc1ccc(C=O)cc1Br. The van der Waals surface area contributed by atoms with Crippen LogP contribution in [0.25, 0.3) is 0 Å². The highest BCUT2D eigenvalue weighted by molar-refractivity contribution is 9.10. The van der Waals surface area contributed by atoms with Crippen LogP contribution in [0.3, 0.4) is 0 Å². The molecular formula is C13H17BrO3. The van der Waals surface area contributed by atoms with Gasteiger partial charge in [-0.1, -0.05) is 13.8 Å². The van der Waals surface area contributed by atoms with Crippen LogP contribution in [-0.2, 0) is 0 Å². The molecule has 0 spiro atoms. The molecule has 1 unspecified atom stereocenters. The van der Waals surface area contributed by atoms with Gasteiger partial charge in [0.15, 0.2) is 0 Å². The molecule has 0 aromatic heterocycles. The van der Waals surface area contributed by atoms with Crippen molar-refractivity contribution in [3.05, 3.63) is 28.2 Å². The van der Waals surface area contributed by atoms with Gasteiger partial charge in [0.1, 0.15) is 18.6 Å². The van der Waals surface area contributed by atoms with E-state index in [0.717, 1.165) is 6.29 Å². The fourth-order valence-electron chi connectivity index (χ4n) is 1.10. The van der Waals surface area contributed by atoms with Crippen LogP contribution in [-0.4, -0.2) is 23.6 Å². The summed E-state index contributed by atoms with van der Waals surface area (Å²) in [5, 5.41) is 10.0. The summed E-state index contributed by atoms with van der Waals surface area (Å²) >= 11 is 3.33.